The van der Waals surface area contributed by atoms with Gasteiger partial charge in [0, 0.05) is 35.7 Å². The third kappa shape index (κ3) is 4.65. The molecule has 1 saturated heterocycles. The minimum atomic E-state index is -0.445. The lowest BCUT2D eigenvalue weighted by Crippen LogP contribution is -2.29. The van der Waals surface area contributed by atoms with E-state index < -0.39 is 9.85 Å². The van der Waals surface area contributed by atoms with E-state index in [1.165, 1.54) is 24.3 Å². The second kappa shape index (κ2) is 8.71. The molecule has 4 rings (SSSR count). The van der Waals surface area contributed by atoms with Gasteiger partial charge in [-0.15, -0.1) is 0 Å². The lowest BCUT2D eigenvalue weighted by Gasteiger charge is -2.25. The molecular weight excluding hydrogens is 422 g/mol. The van der Waals surface area contributed by atoms with Gasteiger partial charge in [-0.3, -0.25) is 30.1 Å². The van der Waals surface area contributed by atoms with Crippen LogP contribution < -0.4 is 5.06 Å². The summed E-state index contributed by atoms with van der Waals surface area (Å²) in [5.41, 5.74) is 2.65. The lowest BCUT2D eigenvalue weighted by atomic mass is 9.97. The van der Waals surface area contributed by atoms with E-state index >= 15 is 0 Å². The highest BCUT2D eigenvalue weighted by molar-refractivity contribution is 6.30. The summed E-state index contributed by atoms with van der Waals surface area (Å²) in [7, 11) is 0. The molecule has 8 nitrogen and oxygen atoms in total. The minimum absolute atomic E-state index is 0.00381. The van der Waals surface area contributed by atoms with Crippen LogP contribution in [0.3, 0.4) is 0 Å². The molecule has 0 bridgehead atoms. The van der Waals surface area contributed by atoms with Crippen molar-refractivity contribution in [2.24, 2.45) is 0 Å². The molecular formula is C22H18ClN3O5. The number of hydrogen-bond acceptors (Lipinski definition) is 6. The van der Waals surface area contributed by atoms with Crippen molar-refractivity contribution in [3.05, 3.63) is 109 Å². The second-order valence-electron chi connectivity index (χ2n) is 7.26. The zero-order valence-electron chi connectivity index (χ0n) is 16.3. The fraction of sp³-hybridized carbons (Fsp3) is 0.182. The fourth-order valence-electron chi connectivity index (χ4n) is 3.67. The van der Waals surface area contributed by atoms with E-state index in [2.05, 4.69) is 0 Å². The van der Waals surface area contributed by atoms with Gasteiger partial charge in [-0.25, -0.2) is 0 Å². The molecule has 2 atom stereocenters. The smallest absolute Gasteiger partial charge is 0.265 e. The molecule has 1 aliphatic rings. The maximum absolute atomic E-state index is 11.0. The monoisotopic (exact) mass is 439 g/mol. The second-order valence-corrected chi connectivity index (χ2v) is 7.70. The summed E-state index contributed by atoms with van der Waals surface area (Å²) in [6.45, 7) is 0. The maximum atomic E-state index is 11.0. The lowest BCUT2D eigenvalue weighted by molar-refractivity contribution is -0.385. The van der Waals surface area contributed by atoms with Gasteiger partial charge in [0.15, 0.2) is 0 Å². The number of hydroxylamine groups is 1. The van der Waals surface area contributed by atoms with Crippen LogP contribution in [0.25, 0.3) is 0 Å². The van der Waals surface area contributed by atoms with Crippen molar-refractivity contribution < 1.29 is 14.7 Å². The van der Waals surface area contributed by atoms with Gasteiger partial charge in [0.25, 0.3) is 11.4 Å². The van der Waals surface area contributed by atoms with E-state index in [4.69, 9.17) is 16.4 Å². The molecule has 3 aromatic carbocycles. The van der Waals surface area contributed by atoms with Crippen molar-refractivity contribution in [1.29, 1.82) is 0 Å². The van der Waals surface area contributed by atoms with Crippen LogP contribution in [0.2, 0.25) is 5.02 Å². The highest BCUT2D eigenvalue weighted by atomic mass is 35.5. The van der Waals surface area contributed by atoms with E-state index in [0.29, 0.717) is 23.6 Å². The van der Waals surface area contributed by atoms with Crippen LogP contribution in [-0.2, 0) is 11.3 Å². The molecule has 0 aromatic heterocycles. The van der Waals surface area contributed by atoms with Crippen LogP contribution in [0.1, 0.15) is 23.7 Å². The molecule has 0 N–H and O–H groups in total. The summed E-state index contributed by atoms with van der Waals surface area (Å²) < 4.78 is 0. The average Bonchev–Trinajstić information content (AvgIpc) is 3.18. The zero-order chi connectivity index (χ0) is 22.0. The third-order valence-electron chi connectivity index (χ3n) is 5.23. The Morgan fingerprint density at radius 2 is 1.42 bits per heavy atom. The summed E-state index contributed by atoms with van der Waals surface area (Å²) in [6, 6.07) is 20.0. The van der Waals surface area contributed by atoms with Crippen LogP contribution in [0.5, 0.6) is 0 Å². The molecule has 0 spiro atoms. The van der Waals surface area contributed by atoms with Gasteiger partial charge in [0.1, 0.15) is 6.10 Å². The molecule has 0 amide bonds. The molecule has 0 radical (unpaired) electrons. The first-order valence-electron chi connectivity index (χ1n) is 9.60. The number of nitro benzene ring substituents is 2. The normalized spacial score (nSPS) is 18.2. The van der Waals surface area contributed by atoms with Crippen molar-refractivity contribution in [3.8, 4) is 0 Å². The van der Waals surface area contributed by atoms with Crippen LogP contribution in [0.15, 0.2) is 72.8 Å². The third-order valence-corrected chi connectivity index (χ3v) is 5.49. The number of hydrogen-bond donors (Lipinski definition) is 0. The molecule has 0 saturated carbocycles. The largest absolute Gasteiger partial charge is 0.269 e. The molecule has 1 heterocycles. The first kappa shape index (κ1) is 20.8. The summed E-state index contributed by atoms with van der Waals surface area (Å²) in [5, 5.41) is 24.3. The van der Waals surface area contributed by atoms with Gasteiger partial charge in [0.2, 0.25) is 0 Å². The van der Waals surface area contributed by atoms with Crippen molar-refractivity contribution in [2.45, 2.75) is 25.0 Å². The molecule has 0 unspecified atom stereocenters. The predicted octanol–water partition coefficient (Wildman–Crippen LogP) is 5.65. The molecule has 9 heteroatoms. The Hall–Kier alpha value is -3.49. The Kier molecular flexibility index (Phi) is 5.83. The summed E-state index contributed by atoms with van der Waals surface area (Å²) >= 11 is 6.00. The average molecular weight is 440 g/mol. The van der Waals surface area contributed by atoms with Gasteiger partial charge in [-0.1, -0.05) is 35.9 Å². The van der Waals surface area contributed by atoms with E-state index in [1.807, 2.05) is 12.1 Å². The Balaban J connectivity index is 1.60. The van der Waals surface area contributed by atoms with Crippen LogP contribution in [0.4, 0.5) is 17.1 Å². The van der Waals surface area contributed by atoms with E-state index in [9.17, 15) is 20.2 Å². The highest BCUT2D eigenvalue weighted by Gasteiger charge is 2.35. The van der Waals surface area contributed by atoms with Gasteiger partial charge in [-0.05, 0) is 41.8 Å². The Labute approximate surface area is 182 Å². The molecule has 31 heavy (non-hydrogen) atoms. The first-order chi connectivity index (χ1) is 14.9. The molecule has 3 aromatic rings. The number of halogens is 1. The number of rotatable bonds is 6. The van der Waals surface area contributed by atoms with E-state index in [1.54, 1.807) is 41.5 Å². The van der Waals surface area contributed by atoms with Gasteiger partial charge < -0.3 is 0 Å². The number of nitrogens with zero attached hydrogens (tertiary/aromatic N) is 3. The summed E-state index contributed by atoms with van der Waals surface area (Å²) in [4.78, 5) is 27.3. The van der Waals surface area contributed by atoms with Crippen LogP contribution in [-0.4, -0.2) is 15.9 Å². The van der Waals surface area contributed by atoms with Crippen molar-refractivity contribution in [2.75, 3.05) is 5.06 Å². The van der Waals surface area contributed by atoms with Gasteiger partial charge >= 0.3 is 0 Å². The minimum Gasteiger partial charge on any atom is -0.265 e. The van der Waals surface area contributed by atoms with E-state index in [-0.39, 0.29) is 23.5 Å². The maximum Gasteiger partial charge on any atom is 0.269 e. The molecule has 158 valence electrons. The standard InChI is InChI=1S/C22H18ClN3O5/c23-17-5-3-16(4-6-17)22-14-21(13-15-1-7-19(8-2-15)25(27)28)24(31-22)18-9-11-20(12-10-18)26(29)30/h1-12,21-22H,13-14H2/t21-,22-/m1/s1. The first-order valence-corrected chi connectivity index (χ1v) is 9.98. The van der Waals surface area contributed by atoms with E-state index in [0.717, 1.165) is 11.1 Å². The number of non-ortho nitro benzene ring substituents is 2. The number of anilines is 1. The van der Waals surface area contributed by atoms with Gasteiger partial charge in [-0.2, -0.15) is 0 Å². The van der Waals surface area contributed by atoms with Gasteiger partial charge in [0.05, 0.1) is 21.6 Å². The summed E-state index contributed by atoms with van der Waals surface area (Å²) in [5.74, 6) is 0. The molecule has 1 aliphatic heterocycles. The quantitative estimate of drug-likeness (QED) is 0.363. The zero-order valence-corrected chi connectivity index (χ0v) is 17.0. The van der Waals surface area contributed by atoms with Crippen molar-refractivity contribution >= 4 is 28.7 Å². The van der Waals surface area contributed by atoms with Crippen LogP contribution in [0, 0.1) is 20.2 Å². The predicted molar refractivity (Wildman–Crippen MR) is 116 cm³/mol. The Bertz CT molecular complexity index is 1090. The number of benzene rings is 3. The Morgan fingerprint density at radius 3 is 1.97 bits per heavy atom. The highest BCUT2D eigenvalue weighted by Crippen LogP contribution is 2.38. The fourth-order valence-corrected chi connectivity index (χ4v) is 3.79. The van der Waals surface area contributed by atoms with Crippen molar-refractivity contribution in [3.63, 3.8) is 0 Å². The molecule has 0 aliphatic carbocycles. The SMILES string of the molecule is O=[N+]([O-])c1ccc(C[C@@H]2C[C@H](c3ccc(Cl)cc3)ON2c2ccc([N+](=O)[O-])cc2)cc1. The Morgan fingerprint density at radius 1 is 0.871 bits per heavy atom. The summed E-state index contributed by atoms with van der Waals surface area (Å²) in [6.07, 6.45) is 1.06. The van der Waals surface area contributed by atoms with Crippen molar-refractivity contribution in [1.82, 2.24) is 0 Å². The van der Waals surface area contributed by atoms with Crippen LogP contribution >= 0.6 is 11.6 Å². The topological polar surface area (TPSA) is 98.8 Å². The molecule has 1 fully saturated rings. The number of nitro groups is 2.